The second kappa shape index (κ2) is 6.92. The first-order valence-corrected chi connectivity index (χ1v) is 7.10. The average Bonchev–Trinajstić information content (AvgIpc) is 2.92. The molecule has 112 valence electrons. The van der Waals surface area contributed by atoms with Crippen LogP contribution in [0.1, 0.15) is 25.1 Å². The Hall–Kier alpha value is -2.30. The molecule has 0 saturated heterocycles. The number of rotatable bonds is 5. The highest BCUT2D eigenvalue weighted by Crippen LogP contribution is 2.19. The summed E-state index contributed by atoms with van der Waals surface area (Å²) in [6, 6.07) is 8.05. The van der Waals surface area contributed by atoms with Gasteiger partial charge in [-0.15, -0.1) is 0 Å². The van der Waals surface area contributed by atoms with Crippen LogP contribution in [0.25, 0.3) is 11.5 Å². The molecule has 0 spiro atoms. The molecule has 2 aromatic rings. The van der Waals surface area contributed by atoms with Crippen molar-refractivity contribution in [2.45, 2.75) is 27.3 Å². The van der Waals surface area contributed by atoms with Crippen LogP contribution >= 0.6 is 0 Å². The smallest absolute Gasteiger partial charge is 0.226 e. The normalized spacial score (nSPS) is 11.9. The summed E-state index contributed by atoms with van der Waals surface area (Å²) in [6.07, 6.45) is 1.62. The molecule has 0 aliphatic rings. The van der Waals surface area contributed by atoms with Crippen LogP contribution in [0.2, 0.25) is 0 Å². The predicted octanol–water partition coefficient (Wildman–Crippen LogP) is 2.71. The number of nitrogens with one attached hydrogen (secondary N) is 1. The van der Waals surface area contributed by atoms with Crippen LogP contribution in [0.3, 0.4) is 0 Å². The van der Waals surface area contributed by atoms with Crippen LogP contribution in [0.4, 0.5) is 0 Å². The Morgan fingerprint density at radius 2 is 2.05 bits per heavy atom. The van der Waals surface area contributed by atoms with Gasteiger partial charge in [0, 0.05) is 12.1 Å². The van der Waals surface area contributed by atoms with Crippen LogP contribution < -0.4 is 11.1 Å². The van der Waals surface area contributed by atoms with Crippen LogP contribution in [0.5, 0.6) is 0 Å². The SMILES string of the molecule is Cc1ccc(-c2nc(CN=C(N)NCC(C)C)co2)cc1. The molecule has 1 heterocycles. The lowest BCUT2D eigenvalue weighted by atomic mass is 10.1. The minimum absolute atomic E-state index is 0.409. The number of aromatic nitrogens is 1. The van der Waals surface area contributed by atoms with Crippen LogP contribution in [-0.2, 0) is 6.54 Å². The zero-order valence-electron chi connectivity index (χ0n) is 12.8. The van der Waals surface area contributed by atoms with Gasteiger partial charge in [-0.2, -0.15) is 0 Å². The summed E-state index contributed by atoms with van der Waals surface area (Å²) in [6.45, 7) is 7.50. The molecule has 1 aromatic heterocycles. The highest BCUT2D eigenvalue weighted by molar-refractivity contribution is 5.77. The molecule has 0 unspecified atom stereocenters. The molecular weight excluding hydrogens is 264 g/mol. The summed E-state index contributed by atoms with van der Waals surface area (Å²) in [5.41, 5.74) is 8.72. The van der Waals surface area contributed by atoms with Crippen molar-refractivity contribution >= 4 is 5.96 Å². The van der Waals surface area contributed by atoms with E-state index in [0.717, 1.165) is 17.8 Å². The molecule has 0 aliphatic carbocycles. The highest BCUT2D eigenvalue weighted by atomic mass is 16.3. The zero-order chi connectivity index (χ0) is 15.2. The van der Waals surface area contributed by atoms with E-state index < -0.39 is 0 Å². The molecule has 21 heavy (non-hydrogen) atoms. The Kier molecular flexibility index (Phi) is 4.98. The van der Waals surface area contributed by atoms with Crippen molar-refractivity contribution in [2.24, 2.45) is 16.6 Å². The fourth-order valence-electron chi connectivity index (χ4n) is 1.74. The third-order valence-electron chi connectivity index (χ3n) is 2.95. The fourth-order valence-corrected chi connectivity index (χ4v) is 1.74. The van der Waals surface area contributed by atoms with Gasteiger partial charge in [-0.3, -0.25) is 0 Å². The Morgan fingerprint density at radius 1 is 1.33 bits per heavy atom. The summed E-state index contributed by atoms with van der Waals surface area (Å²) in [7, 11) is 0. The van der Waals surface area contributed by atoms with Crippen molar-refractivity contribution in [2.75, 3.05) is 6.54 Å². The van der Waals surface area contributed by atoms with Crippen molar-refractivity contribution in [1.29, 1.82) is 0 Å². The number of aryl methyl sites for hydroxylation is 1. The number of hydrogen-bond donors (Lipinski definition) is 2. The van der Waals surface area contributed by atoms with Crippen molar-refractivity contribution < 1.29 is 4.42 Å². The van der Waals surface area contributed by atoms with Crippen molar-refractivity contribution in [3.05, 3.63) is 41.8 Å². The number of nitrogens with two attached hydrogens (primary N) is 1. The molecule has 0 amide bonds. The largest absolute Gasteiger partial charge is 0.444 e. The third kappa shape index (κ3) is 4.63. The molecule has 0 aliphatic heterocycles. The van der Waals surface area contributed by atoms with E-state index >= 15 is 0 Å². The Morgan fingerprint density at radius 3 is 2.71 bits per heavy atom. The molecular formula is C16H22N4O. The molecule has 3 N–H and O–H groups in total. The lowest BCUT2D eigenvalue weighted by Gasteiger charge is -2.07. The topological polar surface area (TPSA) is 76.4 Å². The molecule has 5 heteroatoms. The summed E-state index contributed by atoms with van der Waals surface area (Å²) < 4.78 is 5.48. The molecule has 1 aromatic carbocycles. The van der Waals surface area contributed by atoms with Crippen molar-refractivity contribution in [1.82, 2.24) is 10.3 Å². The lowest BCUT2D eigenvalue weighted by molar-refractivity contribution is 0.572. The second-order valence-corrected chi connectivity index (χ2v) is 5.49. The minimum Gasteiger partial charge on any atom is -0.444 e. The van der Waals surface area contributed by atoms with Gasteiger partial charge in [-0.25, -0.2) is 9.98 Å². The number of guanidine groups is 1. The monoisotopic (exact) mass is 286 g/mol. The first kappa shape index (κ1) is 15.1. The number of benzene rings is 1. The van der Waals surface area contributed by atoms with Gasteiger partial charge < -0.3 is 15.5 Å². The zero-order valence-corrected chi connectivity index (χ0v) is 12.8. The standard InChI is InChI=1S/C16H22N4O/c1-11(2)8-18-16(17)19-9-14-10-21-15(20-14)13-6-4-12(3)5-7-13/h4-7,10-11H,8-9H2,1-3H3,(H3,17,18,19). The molecule has 0 fully saturated rings. The summed E-state index contributed by atoms with van der Waals surface area (Å²) in [4.78, 5) is 8.67. The fraction of sp³-hybridized carbons (Fsp3) is 0.375. The molecule has 0 bridgehead atoms. The predicted molar refractivity (Wildman–Crippen MR) is 84.8 cm³/mol. The Labute approximate surface area is 125 Å². The van der Waals surface area contributed by atoms with Crippen molar-refractivity contribution in [3.8, 4) is 11.5 Å². The van der Waals surface area contributed by atoms with Gasteiger partial charge in [0.2, 0.25) is 5.89 Å². The van der Waals surface area contributed by atoms with Gasteiger partial charge in [-0.1, -0.05) is 31.5 Å². The van der Waals surface area contributed by atoms with Gasteiger partial charge in [0.15, 0.2) is 5.96 Å². The summed E-state index contributed by atoms with van der Waals surface area (Å²) in [5.74, 6) is 1.57. The van der Waals surface area contributed by atoms with E-state index in [9.17, 15) is 0 Å². The van der Waals surface area contributed by atoms with Crippen LogP contribution in [-0.4, -0.2) is 17.5 Å². The van der Waals surface area contributed by atoms with E-state index in [4.69, 9.17) is 10.2 Å². The molecule has 5 nitrogen and oxygen atoms in total. The van der Waals surface area contributed by atoms with Gasteiger partial charge in [0.05, 0.1) is 6.54 Å². The molecule has 0 atom stereocenters. The van der Waals surface area contributed by atoms with E-state index in [0.29, 0.717) is 24.3 Å². The molecule has 0 radical (unpaired) electrons. The maximum atomic E-state index is 5.78. The quantitative estimate of drug-likeness (QED) is 0.654. The summed E-state index contributed by atoms with van der Waals surface area (Å²) >= 11 is 0. The Bertz CT molecular complexity index is 599. The molecule has 2 rings (SSSR count). The number of nitrogens with zero attached hydrogens (tertiary/aromatic N) is 2. The second-order valence-electron chi connectivity index (χ2n) is 5.49. The van der Waals surface area contributed by atoms with E-state index in [1.165, 1.54) is 5.56 Å². The lowest BCUT2D eigenvalue weighted by Crippen LogP contribution is -2.34. The molecule has 0 saturated carbocycles. The number of aliphatic imine (C=N–C) groups is 1. The highest BCUT2D eigenvalue weighted by Gasteiger charge is 2.06. The first-order chi connectivity index (χ1) is 10.0. The van der Waals surface area contributed by atoms with E-state index in [1.54, 1.807) is 6.26 Å². The van der Waals surface area contributed by atoms with Gasteiger partial charge in [-0.05, 0) is 25.0 Å². The minimum atomic E-state index is 0.409. The van der Waals surface area contributed by atoms with Gasteiger partial charge in [0.25, 0.3) is 0 Å². The van der Waals surface area contributed by atoms with Crippen LogP contribution in [0, 0.1) is 12.8 Å². The third-order valence-corrected chi connectivity index (χ3v) is 2.95. The number of hydrogen-bond acceptors (Lipinski definition) is 3. The van der Waals surface area contributed by atoms with E-state index in [1.807, 2.05) is 31.2 Å². The van der Waals surface area contributed by atoms with Crippen LogP contribution in [0.15, 0.2) is 39.9 Å². The number of oxazole rings is 1. The van der Waals surface area contributed by atoms with Gasteiger partial charge >= 0.3 is 0 Å². The average molecular weight is 286 g/mol. The van der Waals surface area contributed by atoms with Crippen molar-refractivity contribution in [3.63, 3.8) is 0 Å². The maximum absolute atomic E-state index is 5.78. The summed E-state index contributed by atoms with van der Waals surface area (Å²) in [5, 5.41) is 3.07. The Balaban J connectivity index is 1.97. The van der Waals surface area contributed by atoms with E-state index in [-0.39, 0.29) is 0 Å². The van der Waals surface area contributed by atoms with E-state index in [2.05, 4.69) is 29.1 Å². The first-order valence-electron chi connectivity index (χ1n) is 7.10. The maximum Gasteiger partial charge on any atom is 0.226 e. The van der Waals surface area contributed by atoms with Gasteiger partial charge in [0.1, 0.15) is 12.0 Å².